The van der Waals surface area contributed by atoms with Crippen molar-refractivity contribution in [3.63, 3.8) is 0 Å². The van der Waals surface area contributed by atoms with Gasteiger partial charge < -0.3 is 0 Å². The van der Waals surface area contributed by atoms with Crippen molar-refractivity contribution in [2.75, 3.05) is 0 Å². The highest BCUT2D eigenvalue weighted by atomic mass is 16.1. The third-order valence-corrected chi connectivity index (χ3v) is 1.65. The topological polar surface area (TPSA) is 42.9 Å². The van der Waals surface area contributed by atoms with E-state index in [4.69, 9.17) is 0 Å². The maximum Gasteiger partial charge on any atom is 0.234 e. The molecular weight excluding hydrogens is 152 g/mol. The first kappa shape index (κ1) is 6.91. The number of carbonyl (C=O) groups excluding carboxylic acids is 1. The fourth-order valence-electron chi connectivity index (χ4n) is 1.08. The van der Waals surface area contributed by atoms with E-state index in [1.807, 2.05) is 6.29 Å². The van der Waals surface area contributed by atoms with Crippen LogP contribution in [0.3, 0.4) is 0 Å². The number of hydrogen-bond acceptors (Lipinski definition) is 3. The normalized spacial score (nSPS) is 10.0. The first-order valence-corrected chi connectivity index (χ1v) is 3.49. The summed E-state index contributed by atoms with van der Waals surface area (Å²) in [7, 11) is 0. The van der Waals surface area contributed by atoms with Crippen LogP contribution in [-0.2, 0) is 4.79 Å². The molecule has 0 aromatic carbocycles. The minimum absolute atomic E-state index is 0.508. The minimum atomic E-state index is 0.508. The van der Waals surface area contributed by atoms with Gasteiger partial charge in [0, 0.05) is 29.5 Å². The molecule has 0 saturated heterocycles. The van der Waals surface area contributed by atoms with E-state index in [1.54, 1.807) is 30.7 Å². The molecule has 0 N–H and O–H groups in total. The van der Waals surface area contributed by atoms with Gasteiger partial charge in [0.2, 0.25) is 6.29 Å². The number of fused-ring (bicyclic) bond motifs is 1. The molecule has 2 heterocycles. The Balaban J connectivity index is 2.88. The van der Waals surface area contributed by atoms with Gasteiger partial charge in [-0.25, -0.2) is 0 Å². The van der Waals surface area contributed by atoms with E-state index in [1.165, 1.54) is 0 Å². The van der Waals surface area contributed by atoms with Gasteiger partial charge in [-0.3, -0.25) is 14.8 Å². The molecule has 0 unspecified atom stereocenters. The van der Waals surface area contributed by atoms with E-state index >= 15 is 0 Å². The molecule has 57 valence electrons. The maximum absolute atomic E-state index is 10.4. The van der Waals surface area contributed by atoms with E-state index < -0.39 is 0 Å². The third-order valence-electron chi connectivity index (χ3n) is 1.65. The minimum Gasteiger partial charge on any atom is -0.285 e. The van der Waals surface area contributed by atoms with Crippen molar-refractivity contribution in [2.45, 2.75) is 0 Å². The predicted octanol–water partition coefficient (Wildman–Crippen LogP) is 1.09. The highest BCUT2D eigenvalue weighted by Crippen LogP contribution is 2.11. The largest absolute Gasteiger partial charge is 0.285 e. The second-order valence-electron chi connectivity index (χ2n) is 2.35. The Morgan fingerprint density at radius 2 is 2.17 bits per heavy atom. The molecule has 0 bridgehead atoms. The van der Waals surface area contributed by atoms with Crippen molar-refractivity contribution in [1.82, 2.24) is 9.97 Å². The molecule has 2 rings (SSSR count). The molecule has 3 heteroatoms. The van der Waals surface area contributed by atoms with Crippen LogP contribution >= 0.6 is 0 Å². The number of pyridine rings is 2. The summed E-state index contributed by atoms with van der Waals surface area (Å²) >= 11 is 0. The van der Waals surface area contributed by atoms with E-state index in [0.717, 1.165) is 10.9 Å². The monoisotopic (exact) mass is 157 g/mol. The van der Waals surface area contributed by atoms with Gasteiger partial charge in [-0.05, 0) is 12.1 Å². The molecule has 0 fully saturated rings. The molecule has 2 aromatic heterocycles. The number of rotatable bonds is 1. The van der Waals surface area contributed by atoms with Gasteiger partial charge in [0.1, 0.15) is 0 Å². The Morgan fingerprint density at radius 3 is 3.00 bits per heavy atom. The summed E-state index contributed by atoms with van der Waals surface area (Å²) in [6, 6.07) is 3.38. The van der Waals surface area contributed by atoms with Crippen LogP contribution in [0.25, 0.3) is 10.9 Å². The molecule has 0 amide bonds. The van der Waals surface area contributed by atoms with Crippen molar-refractivity contribution in [3.05, 3.63) is 36.3 Å². The average Bonchev–Trinajstić information content (AvgIpc) is 2.17. The van der Waals surface area contributed by atoms with E-state index in [0.29, 0.717) is 5.56 Å². The summed E-state index contributed by atoms with van der Waals surface area (Å²) in [5.41, 5.74) is 1.28. The number of hydrogen-bond donors (Lipinski definition) is 0. The van der Waals surface area contributed by atoms with E-state index in [9.17, 15) is 4.79 Å². The predicted molar refractivity (Wildman–Crippen MR) is 44.3 cm³/mol. The summed E-state index contributed by atoms with van der Waals surface area (Å²) in [5, 5.41) is 0.745. The van der Waals surface area contributed by atoms with E-state index in [2.05, 4.69) is 9.97 Å². The van der Waals surface area contributed by atoms with Crippen molar-refractivity contribution < 1.29 is 4.79 Å². The molecule has 0 atom stereocenters. The zero-order valence-electron chi connectivity index (χ0n) is 6.19. The molecule has 0 aliphatic carbocycles. The van der Waals surface area contributed by atoms with Gasteiger partial charge in [0.05, 0.1) is 5.52 Å². The first-order chi connectivity index (χ1) is 5.92. The lowest BCUT2D eigenvalue weighted by molar-refractivity contribution is 0.563. The fraction of sp³-hybridized carbons (Fsp3) is 0. The molecule has 12 heavy (non-hydrogen) atoms. The zero-order chi connectivity index (χ0) is 8.39. The standard InChI is InChI=1S/C9H5N2O/c12-6-7-1-4-11-9-2-3-10-5-8(7)9/h1-5H. The molecule has 3 nitrogen and oxygen atoms in total. The number of aromatic nitrogens is 2. The van der Waals surface area contributed by atoms with Gasteiger partial charge in [0.25, 0.3) is 0 Å². The van der Waals surface area contributed by atoms with Crippen LogP contribution in [0.2, 0.25) is 0 Å². The van der Waals surface area contributed by atoms with Crippen molar-refractivity contribution >= 4 is 17.2 Å². The molecule has 0 aliphatic heterocycles. The Labute approximate surface area is 69.1 Å². The summed E-state index contributed by atoms with van der Waals surface area (Å²) in [5.74, 6) is 0. The maximum atomic E-state index is 10.4. The van der Waals surface area contributed by atoms with Gasteiger partial charge in [-0.1, -0.05) is 0 Å². The Morgan fingerprint density at radius 1 is 1.25 bits per heavy atom. The smallest absolute Gasteiger partial charge is 0.234 e. The molecule has 1 radical (unpaired) electrons. The average molecular weight is 157 g/mol. The van der Waals surface area contributed by atoms with Gasteiger partial charge in [0.15, 0.2) is 0 Å². The Bertz CT molecular complexity index is 420. The lowest BCUT2D eigenvalue weighted by Gasteiger charge is -1.95. The van der Waals surface area contributed by atoms with Crippen LogP contribution in [0, 0.1) is 0 Å². The summed E-state index contributed by atoms with van der Waals surface area (Å²) in [6.45, 7) is 0. The summed E-state index contributed by atoms with van der Waals surface area (Å²) < 4.78 is 0. The van der Waals surface area contributed by atoms with Crippen molar-refractivity contribution in [1.29, 1.82) is 0 Å². The second-order valence-corrected chi connectivity index (χ2v) is 2.35. The zero-order valence-corrected chi connectivity index (χ0v) is 6.19. The van der Waals surface area contributed by atoms with Gasteiger partial charge >= 0.3 is 0 Å². The molecular formula is C9H5N2O. The van der Waals surface area contributed by atoms with E-state index in [-0.39, 0.29) is 0 Å². The fourth-order valence-corrected chi connectivity index (χ4v) is 1.08. The van der Waals surface area contributed by atoms with Crippen molar-refractivity contribution in [2.24, 2.45) is 0 Å². The SMILES string of the molecule is O=[C]c1ccnc2ccncc12. The van der Waals surface area contributed by atoms with Gasteiger partial charge in [-0.15, -0.1) is 0 Å². The Kier molecular flexibility index (Phi) is 1.55. The third kappa shape index (κ3) is 0.955. The lowest BCUT2D eigenvalue weighted by atomic mass is 10.2. The number of nitrogens with zero attached hydrogens (tertiary/aromatic N) is 2. The molecule has 0 aliphatic rings. The van der Waals surface area contributed by atoms with Crippen LogP contribution < -0.4 is 0 Å². The summed E-state index contributed by atoms with van der Waals surface area (Å²) in [6.07, 6.45) is 6.68. The summed E-state index contributed by atoms with van der Waals surface area (Å²) in [4.78, 5) is 18.4. The van der Waals surface area contributed by atoms with Crippen LogP contribution in [0.5, 0.6) is 0 Å². The quantitative estimate of drug-likeness (QED) is 0.622. The van der Waals surface area contributed by atoms with Crippen molar-refractivity contribution in [3.8, 4) is 0 Å². The molecule has 0 saturated carbocycles. The lowest BCUT2D eigenvalue weighted by Crippen LogP contribution is -1.86. The highest BCUT2D eigenvalue weighted by molar-refractivity contribution is 5.95. The van der Waals surface area contributed by atoms with Crippen LogP contribution in [0.4, 0.5) is 0 Å². The second kappa shape index (κ2) is 2.70. The molecule has 0 spiro atoms. The van der Waals surface area contributed by atoms with Crippen LogP contribution in [-0.4, -0.2) is 16.3 Å². The highest BCUT2D eigenvalue weighted by Gasteiger charge is 1.99. The van der Waals surface area contributed by atoms with Crippen LogP contribution in [0.15, 0.2) is 30.7 Å². The first-order valence-electron chi connectivity index (χ1n) is 3.49. The van der Waals surface area contributed by atoms with Crippen LogP contribution in [0.1, 0.15) is 5.56 Å². The van der Waals surface area contributed by atoms with Gasteiger partial charge in [-0.2, -0.15) is 0 Å². The Hall–Kier alpha value is -1.77. The molecule has 2 aromatic rings.